The van der Waals surface area contributed by atoms with Gasteiger partial charge in [0.15, 0.2) is 5.96 Å². The maximum absolute atomic E-state index is 5.79. The van der Waals surface area contributed by atoms with Crippen LogP contribution in [0.25, 0.3) is 0 Å². The smallest absolute Gasteiger partial charge is 0.191 e. The number of aliphatic imine (C=N–C) groups is 1. The van der Waals surface area contributed by atoms with Gasteiger partial charge < -0.3 is 25.0 Å². The molecule has 1 atom stereocenters. The largest absolute Gasteiger partial charge is 0.381 e. The highest BCUT2D eigenvalue weighted by Crippen LogP contribution is 2.23. The zero-order valence-corrected chi connectivity index (χ0v) is 18.1. The molecule has 2 N–H and O–H groups in total. The molecule has 1 aromatic carbocycles. The average molecular weight is 474 g/mol. The highest BCUT2D eigenvalue weighted by Gasteiger charge is 2.33. The van der Waals surface area contributed by atoms with Crippen LogP contribution in [0.1, 0.15) is 19.3 Å². The Labute approximate surface area is 173 Å². The fraction of sp³-hybridized carbons (Fsp3) is 0.632. The summed E-state index contributed by atoms with van der Waals surface area (Å²) in [5.41, 5.74) is 1.14. The molecule has 0 radical (unpaired) electrons. The van der Waals surface area contributed by atoms with Crippen molar-refractivity contribution in [2.75, 3.05) is 51.9 Å². The molecule has 2 aliphatic heterocycles. The van der Waals surface area contributed by atoms with E-state index in [2.05, 4.69) is 50.9 Å². The molecule has 0 spiro atoms. The molecular weight excluding hydrogens is 443 g/mol. The van der Waals surface area contributed by atoms with Gasteiger partial charge in [-0.3, -0.25) is 4.99 Å². The maximum atomic E-state index is 5.79. The number of para-hydroxylation sites is 1. The summed E-state index contributed by atoms with van der Waals surface area (Å²) in [5, 5.41) is 7.01. The van der Waals surface area contributed by atoms with E-state index >= 15 is 0 Å². The monoisotopic (exact) mass is 474 g/mol. The van der Waals surface area contributed by atoms with Crippen LogP contribution >= 0.6 is 24.0 Å². The molecule has 3 rings (SSSR count). The number of rotatable bonds is 5. The SMILES string of the molecule is CN=C(NCC1(OC)CCOCC1)NC1CCN(c2ccccc2)C1.I. The molecule has 0 aliphatic carbocycles. The zero-order valence-electron chi connectivity index (χ0n) is 15.7. The highest BCUT2D eigenvalue weighted by atomic mass is 127. The van der Waals surface area contributed by atoms with E-state index in [4.69, 9.17) is 9.47 Å². The number of anilines is 1. The van der Waals surface area contributed by atoms with Gasteiger partial charge in [0.2, 0.25) is 0 Å². The Balaban J connectivity index is 0.00000243. The Bertz CT molecular complexity index is 564. The quantitative estimate of drug-likeness (QED) is 0.390. The van der Waals surface area contributed by atoms with E-state index < -0.39 is 0 Å². The first-order valence-corrected chi connectivity index (χ1v) is 9.15. The molecule has 1 unspecified atom stereocenters. The third-order valence-corrected chi connectivity index (χ3v) is 5.29. The second kappa shape index (κ2) is 10.3. The molecule has 1 aromatic rings. The summed E-state index contributed by atoms with van der Waals surface area (Å²) in [5.74, 6) is 0.850. The number of benzene rings is 1. The summed E-state index contributed by atoms with van der Waals surface area (Å²) in [6.45, 7) is 4.33. The Kier molecular flexibility index (Phi) is 8.43. The van der Waals surface area contributed by atoms with Crippen LogP contribution in [-0.2, 0) is 9.47 Å². The van der Waals surface area contributed by atoms with Crippen LogP contribution in [0.15, 0.2) is 35.3 Å². The van der Waals surface area contributed by atoms with Crippen LogP contribution in [0.2, 0.25) is 0 Å². The summed E-state index contributed by atoms with van der Waals surface area (Å²) < 4.78 is 11.2. The second-order valence-electron chi connectivity index (χ2n) is 6.84. The van der Waals surface area contributed by atoms with E-state index in [1.807, 2.05) is 7.05 Å². The molecule has 0 amide bonds. The minimum atomic E-state index is -0.151. The standard InChI is InChI=1S/C19H30N4O2.HI/c1-20-18(21-15-19(24-2)9-12-25-13-10-19)22-16-8-11-23(14-16)17-6-4-3-5-7-17;/h3-7,16H,8-15H2,1-2H3,(H2,20,21,22);1H. The first-order chi connectivity index (χ1) is 12.2. The fourth-order valence-electron chi connectivity index (χ4n) is 3.58. The molecule has 7 heteroatoms. The molecule has 2 fully saturated rings. The summed E-state index contributed by atoms with van der Waals surface area (Å²) in [6, 6.07) is 11.0. The Morgan fingerprint density at radius 2 is 2.04 bits per heavy atom. The van der Waals surface area contributed by atoms with E-state index in [0.29, 0.717) is 6.04 Å². The second-order valence-corrected chi connectivity index (χ2v) is 6.84. The van der Waals surface area contributed by atoms with Gasteiger partial charge >= 0.3 is 0 Å². The van der Waals surface area contributed by atoms with Gasteiger partial charge in [-0.25, -0.2) is 0 Å². The van der Waals surface area contributed by atoms with Crippen molar-refractivity contribution < 1.29 is 9.47 Å². The number of guanidine groups is 1. The predicted molar refractivity (Wildman–Crippen MR) is 117 cm³/mol. The predicted octanol–water partition coefficient (Wildman–Crippen LogP) is 2.24. The van der Waals surface area contributed by atoms with E-state index in [1.165, 1.54) is 5.69 Å². The number of hydrogen-bond donors (Lipinski definition) is 2. The minimum Gasteiger partial charge on any atom is -0.381 e. The summed E-state index contributed by atoms with van der Waals surface area (Å²) in [6.07, 6.45) is 2.94. The van der Waals surface area contributed by atoms with Crippen molar-refractivity contribution in [2.45, 2.75) is 30.9 Å². The van der Waals surface area contributed by atoms with Gasteiger partial charge in [0.1, 0.15) is 0 Å². The van der Waals surface area contributed by atoms with Gasteiger partial charge in [0.05, 0.1) is 5.60 Å². The summed E-state index contributed by atoms with van der Waals surface area (Å²) in [7, 11) is 3.61. The minimum absolute atomic E-state index is 0. The molecule has 2 saturated heterocycles. The lowest BCUT2D eigenvalue weighted by Crippen LogP contribution is -2.52. The normalized spacial score (nSPS) is 22.6. The lowest BCUT2D eigenvalue weighted by atomic mass is 9.94. The molecule has 26 heavy (non-hydrogen) atoms. The molecule has 0 saturated carbocycles. The van der Waals surface area contributed by atoms with Crippen LogP contribution in [0.5, 0.6) is 0 Å². The van der Waals surface area contributed by atoms with Crippen molar-refractivity contribution in [3.8, 4) is 0 Å². The zero-order chi connectivity index (χ0) is 17.5. The van der Waals surface area contributed by atoms with E-state index in [0.717, 1.165) is 58.1 Å². The molecule has 0 bridgehead atoms. The van der Waals surface area contributed by atoms with Gasteiger partial charge in [0, 0.05) is 71.6 Å². The molecule has 0 aromatic heterocycles. The summed E-state index contributed by atoms with van der Waals surface area (Å²) in [4.78, 5) is 6.80. The number of halogens is 1. The van der Waals surface area contributed by atoms with E-state index in [-0.39, 0.29) is 29.6 Å². The Morgan fingerprint density at radius 1 is 1.31 bits per heavy atom. The van der Waals surface area contributed by atoms with Gasteiger partial charge in [-0.15, -0.1) is 24.0 Å². The van der Waals surface area contributed by atoms with Gasteiger partial charge in [-0.05, 0) is 18.6 Å². The van der Waals surface area contributed by atoms with Gasteiger partial charge in [-0.1, -0.05) is 18.2 Å². The first-order valence-electron chi connectivity index (χ1n) is 9.15. The van der Waals surface area contributed by atoms with E-state index in [9.17, 15) is 0 Å². The number of methoxy groups -OCH3 is 1. The maximum Gasteiger partial charge on any atom is 0.191 e. The third-order valence-electron chi connectivity index (χ3n) is 5.29. The molecular formula is C19H31IN4O2. The number of hydrogen-bond acceptors (Lipinski definition) is 4. The van der Waals surface area contributed by atoms with Crippen molar-refractivity contribution in [2.24, 2.45) is 4.99 Å². The topological polar surface area (TPSA) is 58.1 Å². The van der Waals surface area contributed by atoms with E-state index in [1.54, 1.807) is 7.11 Å². The van der Waals surface area contributed by atoms with Gasteiger partial charge in [0.25, 0.3) is 0 Å². The molecule has 6 nitrogen and oxygen atoms in total. The van der Waals surface area contributed by atoms with Crippen molar-refractivity contribution >= 4 is 35.6 Å². The van der Waals surface area contributed by atoms with Crippen LogP contribution in [0.3, 0.4) is 0 Å². The van der Waals surface area contributed by atoms with Crippen LogP contribution < -0.4 is 15.5 Å². The molecule has 2 aliphatic rings. The third kappa shape index (κ3) is 5.47. The lowest BCUT2D eigenvalue weighted by molar-refractivity contribution is -0.0855. The average Bonchev–Trinajstić information content (AvgIpc) is 3.15. The Hall–Kier alpha value is -1.06. The highest BCUT2D eigenvalue weighted by molar-refractivity contribution is 14.0. The van der Waals surface area contributed by atoms with Crippen molar-refractivity contribution in [3.63, 3.8) is 0 Å². The number of nitrogens with zero attached hydrogens (tertiary/aromatic N) is 2. The molecule has 2 heterocycles. The lowest BCUT2D eigenvalue weighted by Gasteiger charge is -2.36. The molecule has 146 valence electrons. The van der Waals surface area contributed by atoms with Crippen molar-refractivity contribution in [1.29, 1.82) is 0 Å². The van der Waals surface area contributed by atoms with Gasteiger partial charge in [-0.2, -0.15) is 0 Å². The van der Waals surface area contributed by atoms with Crippen LogP contribution in [0, 0.1) is 0 Å². The Morgan fingerprint density at radius 3 is 2.69 bits per heavy atom. The van der Waals surface area contributed by atoms with Crippen molar-refractivity contribution in [3.05, 3.63) is 30.3 Å². The number of nitrogens with one attached hydrogen (secondary N) is 2. The summed E-state index contributed by atoms with van der Waals surface area (Å²) >= 11 is 0. The number of ether oxygens (including phenoxy) is 2. The first kappa shape index (κ1) is 21.2. The van der Waals surface area contributed by atoms with Crippen LogP contribution in [-0.4, -0.2) is 64.6 Å². The van der Waals surface area contributed by atoms with Crippen LogP contribution in [0.4, 0.5) is 5.69 Å². The van der Waals surface area contributed by atoms with Crippen molar-refractivity contribution in [1.82, 2.24) is 10.6 Å². The fourth-order valence-corrected chi connectivity index (χ4v) is 3.58.